The minimum atomic E-state index is -4.50. The number of phosphoric acid groups is 1. The van der Waals surface area contributed by atoms with Crippen LogP contribution in [0.1, 0.15) is 149 Å². The minimum Gasteiger partial charge on any atom is -0.457 e. The highest BCUT2D eigenvalue weighted by molar-refractivity contribution is 7.47. The van der Waals surface area contributed by atoms with Gasteiger partial charge in [-0.25, -0.2) is 4.57 Å². The zero-order valence-electron chi connectivity index (χ0n) is 28.6. The summed E-state index contributed by atoms with van der Waals surface area (Å²) in [6.07, 6.45) is 30.0. The molecule has 0 rings (SSSR count). The van der Waals surface area contributed by atoms with Crippen molar-refractivity contribution in [3.63, 3.8) is 0 Å². The van der Waals surface area contributed by atoms with Crippen LogP contribution in [0.3, 0.4) is 0 Å². The van der Waals surface area contributed by atoms with Crippen LogP contribution in [0.2, 0.25) is 0 Å². The Kier molecular flexibility index (Phi) is 32.1. The summed E-state index contributed by atoms with van der Waals surface area (Å²) >= 11 is 0. The molecular weight excluding hydrogens is 595 g/mol. The Balaban J connectivity index is 4.24. The average molecular weight is 663 g/mol. The van der Waals surface area contributed by atoms with Gasteiger partial charge in [0.15, 0.2) is 0 Å². The summed E-state index contributed by atoms with van der Waals surface area (Å²) < 4.78 is 33.1. The van der Waals surface area contributed by atoms with Crippen LogP contribution in [-0.4, -0.2) is 66.3 Å². The van der Waals surface area contributed by atoms with Crippen molar-refractivity contribution in [1.29, 1.82) is 0 Å². The van der Waals surface area contributed by atoms with E-state index in [1.807, 2.05) is 0 Å². The van der Waals surface area contributed by atoms with Gasteiger partial charge in [0, 0.05) is 13.0 Å². The van der Waals surface area contributed by atoms with E-state index in [0.29, 0.717) is 6.61 Å². The van der Waals surface area contributed by atoms with Gasteiger partial charge < -0.3 is 24.6 Å². The van der Waals surface area contributed by atoms with Gasteiger partial charge in [0.25, 0.3) is 0 Å². The number of aliphatic hydroxyl groups is 2. The molecule has 0 aliphatic heterocycles. The second kappa shape index (κ2) is 32.9. The van der Waals surface area contributed by atoms with Crippen molar-refractivity contribution in [2.24, 2.45) is 0 Å². The molecule has 0 radical (unpaired) electrons. The predicted octanol–water partition coefficient (Wildman–Crippen LogP) is 8.75. The first-order valence-corrected chi connectivity index (χ1v) is 19.3. The van der Waals surface area contributed by atoms with Crippen LogP contribution in [0.25, 0.3) is 0 Å². The summed E-state index contributed by atoms with van der Waals surface area (Å²) in [5, 5.41) is 18.2. The van der Waals surface area contributed by atoms with E-state index in [2.05, 4.69) is 38.2 Å². The van der Waals surface area contributed by atoms with Gasteiger partial charge in [0.2, 0.25) is 0 Å². The third-order valence-corrected chi connectivity index (χ3v) is 8.34. The van der Waals surface area contributed by atoms with Crippen molar-refractivity contribution >= 4 is 13.8 Å². The van der Waals surface area contributed by atoms with Crippen molar-refractivity contribution in [2.75, 3.05) is 33.0 Å². The van der Waals surface area contributed by atoms with E-state index < -0.39 is 39.2 Å². The van der Waals surface area contributed by atoms with Crippen LogP contribution in [0.5, 0.6) is 0 Å². The van der Waals surface area contributed by atoms with Crippen LogP contribution < -0.4 is 0 Å². The maximum absolute atomic E-state index is 12.5. The Morgan fingerprint density at radius 3 is 1.84 bits per heavy atom. The van der Waals surface area contributed by atoms with E-state index in [1.165, 1.54) is 77.0 Å². The number of aliphatic hydroxyl groups excluding tert-OH is 2. The fourth-order valence-corrected chi connectivity index (χ4v) is 5.40. The molecule has 0 aromatic heterocycles. The Bertz CT molecular complexity index is 759. The van der Waals surface area contributed by atoms with Crippen LogP contribution in [0.15, 0.2) is 24.3 Å². The molecule has 0 bridgehead atoms. The number of esters is 1. The first kappa shape index (κ1) is 43.9. The fourth-order valence-electron chi connectivity index (χ4n) is 4.61. The number of hydrogen-bond donors (Lipinski definition) is 3. The van der Waals surface area contributed by atoms with E-state index in [-0.39, 0.29) is 19.6 Å². The number of rotatable bonds is 34. The molecule has 3 atom stereocenters. The summed E-state index contributed by atoms with van der Waals surface area (Å²) in [5.41, 5.74) is 0. The molecule has 0 aromatic carbocycles. The third-order valence-electron chi connectivity index (χ3n) is 7.39. The zero-order chi connectivity index (χ0) is 33.3. The Hall–Kier alpha value is -1.06. The van der Waals surface area contributed by atoms with Gasteiger partial charge in [-0.15, -0.1) is 0 Å². The molecule has 3 N–H and O–H groups in total. The molecule has 45 heavy (non-hydrogen) atoms. The lowest BCUT2D eigenvalue weighted by atomic mass is 10.1. The van der Waals surface area contributed by atoms with E-state index in [0.717, 1.165) is 51.4 Å². The number of carbonyl (C=O) groups excluding carboxylic acids is 1. The number of ether oxygens (including phenoxy) is 2. The number of allylic oxidation sites excluding steroid dienone is 4. The quantitative estimate of drug-likeness (QED) is 0.0268. The normalized spacial score (nSPS) is 14.7. The fraction of sp³-hybridized carbons (Fsp3) is 0.857. The molecule has 0 aliphatic rings. The summed E-state index contributed by atoms with van der Waals surface area (Å²) in [5.74, 6) is -0.391. The summed E-state index contributed by atoms with van der Waals surface area (Å²) in [6, 6.07) is 0. The monoisotopic (exact) mass is 662 g/mol. The van der Waals surface area contributed by atoms with Crippen LogP contribution in [-0.2, 0) is 27.9 Å². The number of carbonyl (C=O) groups is 1. The second-order valence-corrected chi connectivity index (χ2v) is 13.3. The van der Waals surface area contributed by atoms with Crippen LogP contribution >= 0.6 is 7.82 Å². The van der Waals surface area contributed by atoms with Crippen LogP contribution in [0.4, 0.5) is 0 Å². The molecule has 0 spiro atoms. The second-order valence-electron chi connectivity index (χ2n) is 11.9. The molecule has 266 valence electrons. The lowest BCUT2D eigenvalue weighted by molar-refractivity contribution is -0.154. The van der Waals surface area contributed by atoms with Crippen molar-refractivity contribution in [3.05, 3.63) is 24.3 Å². The van der Waals surface area contributed by atoms with Crippen molar-refractivity contribution in [2.45, 2.75) is 161 Å². The lowest BCUT2D eigenvalue weighted by Gasteiger charge is -2.20. The first-order chi connectivity index (χ1) is 21.8. The molecule has 9 nitrogen and oxygen atoms in total. The largest absolute Gasteiger partial charge is 0.472 e. The van der Waals surface area contributed by atoms with Gasteiger partial charge in [0.1, 0.15) is 12.2 Å². The first-order valence-electron chi connectivity index (χ1n) is 17.8. The van der Waals surface area contributed by atoms with Gasteiger partial charge >= 0.3 is 13.8 Å². The third kappa shape index (κ3) is 32.7. The zero-order valence-corrected chi connectivity index (χ0v) is 29.5. The molecule has 0 heterocycles. The molecule has 10 heteroatoms. The van der Waals surface area contributed by atoms with E-state index in [4.69, 9.17) is 23.6 Å². The van der Waals surface area contributed by atoms with Crippen molar-refractivity contribution in [3.8, 4) is 0 Å². The highest BCUT2D eigenvalue weighted by Gasteiger charge is 2.26. The van der Waals surface area contributed by atoms with E-state index >= 15 is 0 Å². The number of unbranched alkanes of at least 4 members (excludes halogenated alkanes) is 16. The molecule has 3 unspecified atom stereocenters. The average Bonchev–Trinajstić information content (AvgIpc) is 3.03. The highest BCUT2D eigenvalue weighted by atomic mass is 31.2. The van der Waals surface area contributed by atoms with Crippen molar-refractivity contribution in [1.82, 2.24) is 0 Å². The smallest absolute Gasteiger partial charge is 0.457 e. The highest BCUT2D eigenvalue weighted by Crippen LogP contribution is 2.43. The van der Waals surface area contributed by atoms with Gasteiger partial charge in [-0.05, 0) is 38.5 Å². The molecule has 0 aliphatic carbocycles. The van der Waals surface area contributed by atoms with E-state index in [9.17, 15) is 19.4 Å². The lowest BCUT2D eigenvalue weighted by Crippen LogP contribution is -2.29. The van der Waals surface area contributed by atoms with E-state index in [1.54, 1.807) is 0 Å². The molecule has 0 aromatic rings. The van der Waals surface area contributed by atoms with Crippen LogP contribution in [0, 0.1) is 0 Å². The summed E-state index contributed by atoms with van der Waals surface area (Å²) in [6.45, 7) is 3.42. The maximum Gasteiger partial charge on any atom is 0.472 e. The van der Waals surface area contributed by atoms with Gasteiger partial charge in [-0.2, -0.15) is 0 Å². The SMILES string of the molecule is CCCC/C=C\C/C=C\CCCCCCCCOCC(COP(=O)(O)OCC(O)CO)OC(=O)CCCCCCCCCCC. The van der Waals surface area contributed by atoms with Gasteiger partial charge in [-0.1, -0.05) is 128 Å². The molecule has 0 saturated carbocycles. The standard InChI is InChI=1S/C35H67O9P/c1-3-5-7-9-11-13-14-15-16-17-18-20-22-24-26-28-41-31-34(32-43-45(39,40)42-30-33(37)29-36)44-35(38)27-25-23-21-19-12-10-8-6-4-2/h9,11,14-15,33-34,36-37H,3-8,10,12-13,16-32H2,1-2H3,(H,39,40)/b11-9-,15-14-. The number of phosphoric ester groups is 1. The predicted molar refractivity (Wildman–Crippen MR) is 182 cm³/mol. The minimum absolute atomic E-state index is 0.0445. The molecular formula is C35H67O9P. The topological polar surface area (TPSA) is 132 Å². The van der Waals surface area contributed by atoms with Gasteiger partial charge in [-0.3, -0.25) is 13.8 Å². The van der Waals surface area contributed by atoms with Gasteiger partial charge in [0.05, 0.1) is 26.4 Å². The maximum atomic E-state index is 12.5. The number of hydrogen-bond acceptors (Lipinski definition) is 8. The molecule has 0 saturated heterocycles. The Morgan fingerprint density at radius 1 is 0.689 bits per heavy atom. The Morgan fingerprint density at radius 2 is 1.22 bits per heavy atom. The Labute approximate surface area is 274 Å². The summed E-state index contributed by atoms with van der Waals surface area (Å²) in [4.78, 5) is 22.3. The summed E-state index contributed by atoms with van der Waals surface area (Å²) in [7, 11) is -4.50. The molecule has 0 fully saturated rings. The molecule has 0 amide bonds. The van der Waals surface area contributed by atoms with Crippen molar-refractivity contribution < 1.29 is 43.0 Å².